The fraction of sp³-hybridized carbons (Fsp3) is 0.550. The standard InChI is InChI=1S/C20H29N3O4/c1-2-16(13-8-4-3-5-9-13)23-19(27)20(22)11-7-6-10-14(20)18(26)15(21)12-17(24)25/h3-5,8-9,14-16H,2,6-7,10-12,21-22H2,1H3,(H,23,27)(H,24,25)/t14?,15-,16-,20?/m0/s1. The molecule has 7 nitrogen and oxygen atoms in total. The molecular formula is C20H29N3O4. The second-order valence-corrected chi connectivity index (χ2v) is 7.29. The quantitative estimate of drug-likeness (QED) is 0.544. The van der Waals surface area contributed by atoms with Crippen LogP contribution in [0.1, 0.15) is 57.1 Å². The Labute approximate surface area is 159 Å². The van der Waals surface area contributed by atoms with Crippen LogP contribution >= 0.6 is 0 Å². The van der Waals surface area contributed by atoms with Crippen molar-refractivity contribution >= 4 is 17.7 Å². The fourth-order valence-corrected chi connectivity index (χ4v) is 3.81. The first kappa shape index (κ1) is 21.1. The molecule has 1 aromatic rings. The molecule has 1 aliphatic carbocycles. The number of carbonyl (C=O) groups is 3. The fourth-order valence-electron chi connectivity index (χ4n) is 3.81. The lowest BCUT2D eigenvalue weighted by molar-refractivity contribution is -0.142. The molecule has 0 bridgehead atoms. The molecule has 1 aromatic carbocycles. The molecule has 27 heavy (non-hydrogen) atoms. The maximum Gasteiger partial charge on any atom is 0.305 e. The van der Waals surface area contributed by atoms with Gasteiger partial charge in [-0.1, -0.05) is 50.1 Å². The molecule has 148 valence electrons. The van der Waals surface area contributed by atoms with Crippen molar-refractivity contribution in [3.63, 3.8) is 0 Å². The highest BCUT2D eigenvalue weighted by Crippen LogP contribution is 2.34. The van der Waals surface area contributed by atoms with Gasteiger partial charge >= 0.3 is 5.97 Å². The van der Waals surface area contributed by atoms with Crippen molar-refractivity contribution in [3.05, 3.63) is 35.9 Å². The molecule has 0 heterocycles. The summed E-state index contributed by atoms with van der Waals surface area (Å²) < 4.78 is 0. The highest BCUT2D eigenvalue weighted by Gasteiger charge is 2.48. The van der Waals surface area contributed by atoms with E-state index in [4.69, 9.17) is 16.6 Å². The second kappa shape index (κ2) is 9.10. The summed E-state index contributed by atoms with van der Waals surface area (Å²) in [6.45, 7) is 1.97. The first-order valence-corrected chi connectivity index (χ1v) is 9.45. The van der Waals surface area contributed by atoms with Crippen LogP contribution in [-0.4, -0.2) is 34.3 Å². The van der Waals surface area contributed by atoms with Gasteiger partial charge in [-0.15, -0.1) is 0 Å². The lowest BCUT2D eigenvalue weighted by Crippen LogP contribution is -2.64. The van der Waals surface area contributed by atoms with E-state index in [1.807, 2.05) is 37.3 Å². The second-order valence-electron chi connectivity index (χ2n) is 7.29. The Hall–Kier alpha value is -2.25. The first-order chi connectivity index (χ1) is 12.8. The number of nitrogens with one attached hydrogen (secondary N) is 1. The van der Waals surface area contributed by atoms with E-state index in [0.29, 0.717) is 19.3 Å². The van der Waals surface area contributed by atoms with Crippen molar-refractivity contribution < 1.29 is 19.5 Å². The number of carbonyl (C=O) groups excluding carboxylic acids is 2. The summed E-state index contributed by atoms with van der Waals surface area (Å²) >= 11 is 0. The van der Waals surface area contributed by atoms with Gasteiger partial charge in [0.25, 0.3) is 0 Å². The van der Waals surface area contributed by atoms with E-state index >= 15 is 0 Å². The Kier molecular flexibility index (Phi) is 7.10. The van der Waals surface area contributed by atoms with Crippen LogP contribution in [-0.2, 0) is 14.4 Å². The number of hydrogen-bond donors (Lipinski definition) is 4. The van der Waals surface area contributed by atoms with Gasteiger partial charge in [-0.2, -0.15) is 0 Å². The summed E-state index contributed by atoms with van der Waals surface area (Å²) in [6, 6.07) is 8.22. The number of Topliss-reactive ketones (excluding diaryl/α,β-unsaturated/α-hetero) is 1. The van der Waals surface area contributed by atoms with E-state index < -0.39 is 35.7 Å². The van der Waals surface area contributed by atoms with Gasteiger partial charge in [-0.25, -0.2) is 0 Å². The Morgan fingerprint density at radius 3 is 2.52 bits per heavy atom. The molecule has 0 aromatic heterocycles. The van der Waals surface area contributed by atoms with Crippen LogP contribution < -0.4 is 16.8 Å². The SMILES string of the molecule is CC[C@H](NC(=O)C1(N)CCCCC1C(=O)[C@@H](N)CC(=O)O)c1ccccc1. The lowest BCUT2D eigenvalue weighted by Gasteiger charge is -2.40. The zero-order valence-electron chi connectivity index (χ0n) is 15.7. The van der Waals surface area contributed by atoms with Gasteiger partial charge in [0.1, 0.15) is 5.54 Å². The van der Waals surface area contributed by atoms with E-state index in [1.165, 1.54) is 0 Å². The number of nitrogens with two attached hydrogens (primary N) is 2. The third-order valence-corrected chi connectivity index (χ3v) is 5.40. The molecule has 2 rings (SSSR count). The third-order valence-electron chi connectivity index (χ3n) is 5.40. The van der Waals surface area contributed by atoms with Gasteiger partial charge in [-0.3, -0.25) is 14.4 Å². The maximum atomic E-state index is 13.1. The molecule has 6 N–H and O–H groups in total. The average Bonchev–Trinajstić information content (AvgIpc) is 2.65. The molecule has 0 saturated heterocycles. The van der Waals surface area contributed by atoms with Crippen LogP contribution in [0.25, 0.3) is 0 Å². The summed E-state index contributed by atoms with van der Waals surface area (Å²) in [6.07, 6.45) is 2.54. The summed E-state index contributed by atoms with van der Waals surface area (Å²) in [4.78, 5) is 36.7. The number of carboxylic acids is 1. The molecular weight excluding hydrogens is 346 g/mol. The number of carboxylic acid groups (broad SMARTS) is 1. The minimum absolute atomic E-state index is 0.204. The van der Waals surface area contributed by atoms with Crippen LogP contribution in [0.4, 0.5) is 0 Å². The zero-order chi connectivity index (χ0) is 20.0. The van der Waals surface area contributed by atoms with Crippen molar-refractivity contribution in [2.24, 2.45) is 17.4 Å². The van der Waals surface area contributed by atoms with E-state index in [9.17, 15) is 14.4 Å². The highest BCUT2D eigenvalue weighted by molar-refractivity contribution is 5.97. The average molecular weight is 375 g/mol. The number of ketones is 1. The van der Waals surface area contributed by atoms with Crippen molar-refractivity contribution in [2.45, 2.75) is 63.1 Å². The highest BCUT2D eigenvalue weighted by atomic mass is 16.4. The Morgan fingerprint density at radius 2 is 1.93 bits per heavy atom. The summed E-state index contributed by atoms with van der Waals surface area (Å²) in [5.41, 5.74) is 11.8. The molecule has 7 heteroatoms. The van der Waals surface area contributed by atoms with E-state index in [1.54, 1.807) is 0 Å². The minimum Gasteiger partial charge on any atom is -0.481 e. The van der Waals surface area contributed by atoms with Gasteiger partial charge in [0, 0.05) is 5.92 Å². The summed E-state index contributed by atoms with van der Waals surface area (Å²) in [7, 11) is 0. The van der Waals surface area contributed by atoms with Gasteiger partial charge in [-0.05, 0) is 24.8 Å². The maximum absolute atomic E-state index is 13.1. The minimum atomic E-state index is -1.37. The smallest absolute Gasteiger partial charge is 0.305 e. The molecule has 0 spiro atoms. The molecule has 0 radical (unpaired) electrons. The molecule has 1 amide bonds. The van der Waals surface area contributed by atoms with Gasteiger partial charge in [0.05, 0.1) is 18.5 Å². The Balaban J connectivity index is 2.19. The summed E-state index contributed by atoms with van der Waals surface area (Å²) in [5.74, 6) is -2.73. The molecule has 4 atom stereocenters. The normalized spacial score (nSPS) is 24.6. The van der Waals surface area contributed by atoms with Crippen molar-refractivity contribution in [3.8, 4) is 0 Å². The van der Waals surface area contributed by atoms with Crippen LogP contribution in [0.3, 0.4) is 0 Å². The molecule has 1 saturated carbocycles. The van der Waals surface area contributed by atoms with Gasteiger partial charge < -0.3 is 21.9 Å². The lowest BCUT2D eigenvalue weighted by atomic mass is 9.69. The van der Waals surface area contributed by atoms with E-state index in [-0.39, 0.29) is 11.9 Å². The van der Waals surface area contributed by atoms with Crippen molar-refractivity contribution in [1.29, 1.82) is 0 Å². The number of aliphatic carboxylic acids is 1. The first-order valence-electron chi connectivity index (χ1n) is 9.45. The van der Waals surface area contributed by atoms with Crippen molar-refractivity contribution in [2.75, 3.05) is 0 Å². The number of benzene rings is 1. The van der Waals surface area contributed by atoms with Crippen LogP contribution in [0.2, 0.25) is 0 Å². The van der Waals surface area contributed by atoms with E-state index in [2.05, 4.69) is 5.32 Å². The van der Waals surface area contributed by atoms with Crippen LogP contribution in [0, 0.1) is 5.92 Å². The number of hydrogen-bond acceptors (Lipinski definition) is 5. The van der Waals surface area contributed by atoms with E-state index in [0.717, 1.165) is 18.4 Å². The zero-order valence-corrected chi connectivity index (χ0v) is 15.7. The number of rotatable bonds is 8. The van der Waals surface area contributed by atoms with Crippen LogP contribution in [0.15, 0.2) is 30.3 Å². The Bertz CT molecular complexity index is 679. The summed E-state index contributed by atoms with van der Waals surface area (Å²) in [5, 5.41) is 11.9. The molecule has 2 unspecified atom stereocenters. The molecule has 1 aliphatic rings. The largest absolute Gasteiger partial charge is 0.481 e. The Morgan fingerprint density at radius 1 is 1.26 bits per heavy atom. The molecule has 1 fully saturated rings. The monoisotopic (exact) mass is 375 g/mol. The van der Waals surface area contributed by atoms with Crippen molar-refractivity contribution in [1.82, 2.24) is 5.32 Å². The number of amides is 1. The van der Waals surface area contributed by atoms with Gasteiger partial charge in [0.2, 0.25) is 5.91 Å². The van der Waals surface area contributed by atoms with Crippen LogP contribution in [0.5, 0.6) is 0 Å². The topological polar surface area (TPSA) is 136 Å². The predicted octanol–water partition coefficient (Wildman–Crippen LogP) is 1.51. The third kappa shape index (κ3) is 4.93. The van der Waals surface area contributed by atoms with Gasteiger partial charge in [0.15, 0.2) is 5.78 Å². The predicted molar refractivity (Wildman–Crippen MR) is 102 cm³/mol. The molecule has 0 aliphatic heterocycles.